The molecule has 1 aromatic carbocycles. The van der Waals surface area contributed by atoms with Crippen molar-refractivity contribution in [1.29, 1.82) is 5.26 Å². The van der Waals surface area contributed by atoms with Gasteiger partial charge in [0.15, 0.2) is 5.92 Å². The summed E-state index contributed by atoms with van der Waals surface area (Å²) in [5, 5.41) is 9.05. The predicted octanol–water partition coefficient (Wildman–Crippen LogP) is 2.42. The van der Waals surface area contributed by atoms with E-state index in [0.29, 0.717) is 6.61 Å². The van der Waals surface area contributed by atoms with E-state index in [1.165, 1.54) is 0 Å². The molecule has 84 valence electrons. The molecule has 1 rings (SSSR count). The van der Waals surface area contributed by atoms with Crippen LogP contribution in [0.2, 0.25) is 0 Å². The molecule has 0 fully saturated rings. The summed E-state index contributed by atoms with van der Waals surface area (Å²) in [6.45, 7) is 4.03. The number of aryl methyl sites for hydroxylation is 1. The van der Waals surface area contributed by atoms with Crippen LogP contribution in [0.25, 0.3) is 0 Å². The molecule has 0 unspecified atom stereocenters. The second-order valence-electron chi connectivity index (χ2n) is 3.37. The molecular weight excluding hydrogens is 202 g/mol. The fourth-order valence-electron chi connectivity index (χ4n) is 1.61. The quantitative estimate of drug-likeness (QED) is 0.728. The Hall–Kier alpha value is -1.82. The van der Waals surface area contributed by atoms with Crippen LogP contribution in [0, 0.1) is 11.3 Å². The van der Waals surface area contributed by atoms with Gasteiger partial charge in [-0.1, -0.05) is 31.2 Å². The Morgan fingerprint density at radius 1 is 1.44 bits per heavy atom. The number of nitriles is 1. The standard InChI is InChI=1S/C13H15NO2/c1-3-10-7-5-6-8-11(10)12(9-14)13(15)16-4-2/h5-8,12H,3-4H2,1-2H3/t12-/m1/s1. The molecule has 1 aromatic rings. The van der Waals surface area contributed by atoms with Gasteiger partial charge >= 0.3 is 5.97 Å². The SMILES string of the molecule is CCOC(=O)[C@H](C#N)c1ccccc1CC. The number of nitrogens with zero attached hydrogens (tertiary/aromatic N) is 1. The van der Waals surface area contributed by atoms with Crippen molar-refractivity contribution < 1.29 is 9.53 Å². The van der Waals surface area contributed by atoms with Crippen LogP contribution in [0.15, 0.2) is 24.3 Å². The van der Waals surface area contributed by atoms with Crippen molar-refractivity contribution in [2.24, 2.45) is 0 Å². The minimum atomic E-state index is -0.809. The number of hydrogen-bond acceptors (Lipinski definition) is 3. The second-order valence-corrected chi connectivity index (χ2v) is 3.37. The largest absolute Gasteiger partial charge is 0.465 e. The normalized spacial score (nSPS) is 11.6. The number of rotatable bonds is 4. The van der Waals surface area contributed by atoms with Crippen LogP contribution >= 0.6 is 0 Å². The first-order chi connectivity index (χ1) is 7.74. The highest BCUT2D eigenvalue weighted by molar-refractivity contribution is 5.81. The summed E-state index contributed by atoms with van der Waals surface area (Å²) in [5.74, 6) is -1.28. The first-order valence-electron chi connectivity index (χ1n) is 5.38. The summed E-state index contributed by atoms with van der Waals surface area (Å²) >= 11 is 0. The Labute approximate surface area is 95.7 Å². The van der Waals surface area contributed by atoms with Crippen molar-refractivity contribution in [3.63, 3.8) is 0 Å². The monoisotopic (exact) mass is 217 g/mol. The topological polar surface area (TPSA) is 50.1 Å². The van der Waals surface area contributed by atoms with E-state index in [9.17, 15) is 4.79 Å². The van der Waals surface area contributed by atoms with Gasteiger partial charge < -0.3 is 4.74 Å². The van der Waals surface area contributed by atoms with Gasteiger partial charge in [-0.3, -0.25) is 4.79 Å². The van der Waals surface area contributed by atoms with Crippen LogP contribution < -0.4 is 0 Å². The zero-order chi connectivity index (χ0) is 12.0. The Kier molecular flexibility index (Phi) is 4.53. The van der Waals surface area contributed by atoms with Crippen LogP contribution in [-0.4, -0.2) is 12.6 Å². The minimum absolute atomic E-state index is 0.297. The molecule has 0 saturated heterocycles. The number of benzene rings is 1. The third-order valence-electron chi connectivity index (χ3n) is 2.40. The van der Waals surface area contributed by atoms with E-state index in [4.69, 9.17) is 10.00 Å². The van der Waals surface area contributed by atoms with Gasteiger partial charge in [0.05, 0.1) is 12.7 Å². The predicted molar refractivity (Wildman–Crippen MR) is 60.8 cm³/mol. The number of hydrogen-bond donors (Lipinski definition) is 0. The average molecular weight is 217 g/mol. The molecule has 3 nitrogen and oxygen atoms in total. The fraction of sp³-hybridized carbons (Fsp3) is 0.385. The van der Waals surface area contributed by atoms with E-state index in [1.54, 1.807) is 6.92 Å². The highest BCUT2D eigenvalue weighted by atomic mass is 16.5. The van der Waals surface area contributed by atoms with Crippen LogP contribution in [0.1, 0.15) is 30.9 Å². The maximum absolute atomic E-state index is 11.6. The summed E-state index contributed by atoms with van der Waals surface area (Å²) in [7, 11) is 0. The van der Waals surface area contributed by atoms with Gasteiger partial charge in [0.1, 0.15) is 0 Å². The molecule has 16 heavy (non-hydrogen) atoms. The summed E-state index contributed by atoms with van der Waals surface area (Å²) in [6, 6.07) is 9.48. The smallest absolute Gasteiger partial charge is 0.327 e. The molecule has 0 bridgehead atoms. The highest BCUT2D eigenvalue weighted by Gasteiger charge is 2.23. The Morgan fingerprint density at radius 2 is 2.12 bits per heavy atom. The maximum Gasteiger partial charge on any atom is 0.327 e. The third-order valence-corrected chi connectivity index (χ3v) is 2.40. The van der Waals surface area contributed by atoms with Gasteiger partial charge in [-0.25, -0.2) is 0 Å². The molecule has 0 heterocycles. The van der Waals surface area contributed by atoms with Gasteiger partial charge in [0.25, 0.3) is 0 Å². The molecule has 0 aromatic heterocycles. The minimum Gasteiger partial charge on any atom is -0.465 e. The van der Waals surface area contributed by atoms with Gasteiger partial charge in [-0.05, 0) is 24.5 Å². The van der Waals surface area contributed by atoms with Crippen LogP contribution in [0.3, 0.4) is 0 Å². The van der Waals surface area contributed by atoms with Crippen LogP contribution in [0.5, 0.6) is 0 Å². The molecular formula is C13H15NO2. The van der Waals surface area contributed by atoms with Gasteiger partial charge in [-0.2, -0.15) is 5.26 Å². The lowest BCUT2D eigenvalue weighted by Gasteiger charge is -2.12. The molecule has 0 N–H and O–H groups in total. The van der Waals surface area contributed by atoms with E-state index < -0.39 is 11.9 Å². The summed E-state index contributed by atoms with van der Waals surface area (Å²) in [6.07, 6.45) is 0.799. The number of esters is 1. The molecule has 0 aliphatic heterocycles. The van der Waals surface area contributed by atoms with Crippen LogP contribution in [0.4, 0.5) is 0 Å². The molecule has 3 heteroatoms. The summed E-state index contributed by atoms with van der Waals surface area (Å²) in [5.41, 5.74) is 1.77. The fourth-order valence-corrected chi connectivity index (χ4v) is 1.61. The van der Waals surface area contributed by atoms with Crippen molar-refractivity contribution >= 4 is 5.97 Å². The molecule has 1 atom stereocenters. The van der Waals surface area contributed by atoms with Crippen molar-refractivity contribution in [3.8, 4) is 6.07 Å². The second kappa shape index (κ2) is 5.92. The third kappa shape index (κ3) is 2.60. The molecule has 0 spiro atoms. The summed E-state index contributed by atoms with van der Waals surface area (Å²) in [4.78, 5) is 11.6. The van der Waals surface area contributed by atoms with Crippen molar-refractivity contribution in [3.05, 3.63) is 35.4 Å². The molecule has 0 radical (unpaired) electrons. The van der Waals surface area contributed by atoms with E-state index in [0.717, 1.165) is 17.5 Å². The van der Waals surface area contributed by atoms with Crippen LogP contribution in [-0.2, 0) is 16.0 Å². The molecule has 0 saturated carbocycles. The number of carbonyl (C=O) groups excluding carboxylic acids is 1. The van der Waals surface area contributed by atoms with Crippen molar-refractivity contribution in [1.82, 2.24) is 0 Å². The Bertz CT molecular complexity index is 407. The van der Waals surface area contributed by atoms with E-state index in [-0.39, 0.29) is 0 Å². The lowest BCUT2D eigenvalue weighted by Crippen LogP contribution is -2.15. The van der Waals surface area contributed by atoms with Crippen molar-refractivity contribution in [2.45, 2.75) is 26.2 Å². The molecule has 0 aliphatic carbocycles. The number of ether oxygens (including phenoxy) is 1. The highest BCUT2D eigenvalue weighted by Crippen LogP contribution is 2.21. The lowest BCUT2D eigenvalue weighted by atomic mass is 9.94. The van der Waals surface area contributed by atoms with Crippen molar-refractivity contribution in [2.75, 3.05) is 6.61 Å². The average Bonchev–Trinajstić information content (AvgIpc) is 2.31. The maximum atomic E-state index is 11.6. The zero-order valence-electron chi connectivity index (χ0n) is 9.56. The van der Waals surface area contributed by atoms with Gasteiger partial charge in [-0.15, -0.1) is 0 Å². The Morgan fingerprint density at radius 3 is 2.69 bits per heavy atom. The van der Waals surface area contributed by atoms with E-state index in [2.05, 4.69) is 0 Å². The summed E-state index contributed by atoms with van der Waals surface area (Å²) < 4.78 is 4.89. The van der Waals surface area contributed by atoms with Gasteiger partial charge in [0.2, 0.25) is 0 Å². The molecule has 0 aliphatic rings. The Balaban J connectivity index is 3.04. The zero-order valence-corrected chi connectivity index (χ0v) is 9.56. The van der Waals surface area contributed by atoms with Gasteiger partial charge in [0, 0.05) is 0 Å². The van der Waals surface area contributed by atoms with E-state index in [1.807, 2.05) is 37.3 Å². The van der Waals surface area contributed by atoms with E-state index >= 15 is 0 Å². The first-order valence-corrected chi connectivity index (χ1v) is 5.38. The molecule has 0 amide bonds. The first kappa shape index (κ1) is 12.3. The lowest BCUT2D eigenvalue weighted by molar-refractivity contribution is -0.143. The number of carbonyl (C=O) groups is 1.